The monoisotopic (exact) mass is 372 g/mol. The van der Waals surface area contributed by atoms with Gasteiger partial charge in [0.05, 0.1) is 6.61 Å². The minimum absolute atomic E-state index is 0.0921. The molecule has 1 aliphatic carbocycles. The van der Waals surface area contributed by atoms with Gasteiger partial charge in [0.2, 0.25) is 5.91 Å². The van der Waals surface area contributed by atoms with Gasteiger partial charge in [-0.2, -0.15) is 0 Å². The van der Waals surface area contributed by atoms with Crippen molar-refractivity contribution in [3.8, 4) is 0 Å². The second-order valence-electron chi connectivity index (χ2n) is 7.31. The van der Waals surface area contributed by atoms with Crippen LogP contribution in [0.4, 0.5) is 5.69 Å². The second kappa shape index (κ2) is 8.11. The topological polar surface area (TPSA) is 75.7 Å². The van der Waals surface area contributed by atoms with Crippen molar-refractivity contribution < 1.29 is 19.1 Å². The molecule has 6 heteroatoms. The van der Waals surface area contributed by atoms with Gasteiger partial charge in [-0.1, -0.05) is 26.2 Å². The van der Waals surface area contributed by atoms with Crippen LogP contribution in [0, 0.1) is 0 Å². The van der Waals surface area contributed by atoms with Crippen LogP contribution in [0.2, 0.25) is 0 Å². The third kappa shape index (κ3) is 3.84. The molecule has 0 unspecified atom stereocenters. The number of anilines is 1. The molecule has 2 amide bonds. The van der Waals surface area contributed by atoms with E-state index in [-0.39, 0.29) is 17.8 Å². The van der Waals surface area contributed by atoms with E-state index >= 15 is 0 Å². The first-order valence-corrected chi connectivity index (χ1v) is 9.94. The van der Waals surface area contributed by atoms with Gasteiger partial charge in [-0.15, -0.1) is 0 Å². The summed E-state index contributed by atoms with van der Waals surface area (Å²) in [6.07, 6.45) is 5.30. The van der Waals surface area contributed by atoms with Crippen LogP contribution in [0.5, 0.6) is 0 Å². The zero-order chi connectivity index (χ0) is 19.4. The number of hydrogen-bond acceptors (Lipinski definition) is 4. The van der Waals surface area contributed by atoms with Crippen molar-refractivity contribution in [2.45, 2.75) is 64.3 Å². The van der Waals surface area contributed by atoms with E-state index < -0.39 is 5.54 Å². The van der Waals surface area contributed by atoms with Crippen LogP contribution < -0.4 is 10.2 Å². The second-order valence-corrected chi connectivity index (χ2v) is 7.31. The summed E-state index contributed by atoms with van der Waals surface area (Å²) in [5, 5.41) is 2.98. The van der Waals surface area contributed by atoms with E-state index in [1.807, 2.05) is 19.1 Å². The summed E-state index contributed by atoms with van der Waals surface area (Å²) in [4.78, 5) is 39.3. The molecule has 1 saturated carbocycles. The highest BCUT2D eigenvalue weighted by Gasteiger charge is 2.42. The third-order valence-corrected chi connectivity index (χ3v) is 5.57. The highest BCUT2D eigenvalue weighted by Crippen LogP contribution is 2.32. The summed E-state index contributed by atoms with van der Waals surface area (Å²) in [6, 6.07) is 5.41. The van der Waals surface area contributed by atoms with Crippen LogP contribution in [0.25, 0.3) is 0 Å². The Morgan fingerprint density at radius 2 is 1.89 bits per heavy atom. The van der Waals surface area contributed by atoms with Crippen molar-refractivity contribution in [1.82, 2.24) is 5.32 Å². The molecular weight excluding hydrogens is 344 g/mol. The summed E-state index contributed by atoms with van der Waals surface area (Å²) in [5.74, 6) is -0.499. The van der Waals surface area contributed by atoms with Crippen LogP contribution in [-0.2, 0) is 20.7 Å². The minimum Gasteiger partial charge on any atom is -0.464 e. The van der Waals surface area contributed by atoms with Crippen molar-refractivity contribution in [3.05, 3.63) is 29.3 Å². The molecule has 2 aliphatic rings. The molecule has 27 heavy (non-hydrogen) atoms. The number of nitrogens with zero attached hydrogens (tertiary/aromatic N) is 1. The van der Waals surface area contributed by atoms with Gasteiger partial charge in [-0.25, -0.2) is 4.79 Å². The molecule has 1 aliphatic heterocycles. The molecule has 1 aromatic carbocycles. The van der Waals surface area contributed by atoms with Gasteiger partial charge in [0.15, 0.2) is 0 Å². The van der Waals surface area contributed by atoms with Crippen molar-refractivity contribution >= 4 is 23.5 Å². The Hall–Kier alpha value is -2.37. The number of nitrogens with one attached hydrogen (secondary N) is 1. The van der Waals surface area contributed by atoms with E-state index in [9.17, 15) is 14.4 Å². The number of carbonyl (C=O) groups excluding carboxylic acids is 3. The van der Waals surface area contributed by atoms with Crippen LogP contribution in [-0.4, -0.2) is 36.5 Å². The Labute approximate surface area is 160 Å². The van der Waals surface area contributed by atoms with E-state index in [1.54, 1.807) is 17.9 Å². The quantitative estimate of drug-likeness (QED) is 0.806. The van der Waals surface area contributed by atoms with Gasteiger partial charge in [0.1, 0.15) is 5.54 Å². The molecule has 0 atom stereocenters. The minimum atomic E-state index is -0.922. The van der Waals surface area contributed by atoms with E-state index in [1.165, 1.54) is 0 Å². The van der Waals surface area contributed by atoms with E-state index in [2.05, 4.69) is 5.32 Å². The van der Waals surface area contributed by atoms with Crippen molar-refractivity contribution in [3.63, 3.8) is 0 Å². The largest absolute Gasteiger partial charge is 0.464 e. The molecule has 6 nitrogen and oxygen atoms in total. The van der Waals surface area contributed by atoms with Crippen molar-refractivity contribution in [2.24, 2.45) is 0 Å². The fourth-order valence-corrected chi connectivity index (χ4v) is 4.09. The van der Waals surface area contributed by atoms with Crippen LogP contribution in [0.1, 0.15) is 68.3 Å². The first-order valence-electron chi connectivity index (χ1n) is 9.94. The number of esters is 1. The van der Waals surface area contributed by atoms with E-state index in [0.29, 0.717) is 38.0 Å². The summed E-state index contributed by atoms with van der Waals surface area (Å²) in [5.41, 5.74) is 1.48. The summed E-state index contributed by atoms with van der Waals surface area (Å²) in [6.45, 7) is 4.58. The fraction of sp³-hybridized carbons (Fsp3) is 0.571. The number of rotatable bonds is 5. The van der Waals surface area contributed by atoms with Gasteiger partial charge >= 0.3 is 5.97 Å². The van der Waals surface area contributed by atoms with Crippen LogP contribution in [0.3, 0.4) is 0 Å². The maximum absolute atomic E-state index is 12.9. The van der Waals surface area contributed by atoms with Gasteiger partial charge in [-0.3, -0.25) is 9.59 Å². The lowest BCUT2D eigenvalue weighted by atomic mass is 9.81. The van der Waals surface area contributed by atoms with Gasteiger partial charge in [0.25, 0.3) is 5.91 Å². The highest BCUT2D eigenvalue weighted by molar-refractivity contribution is 6.00. The highest BCUT2D eigenvalue weighted by atomic mass is 16.5. The van der Waals surface area contributed by atoms with Gasteiger partial charge < -0.3 is 15.0 Å². The molecule has 1 N–H and O–H groups in total. The zero-order valence-corrected chi connectivity index (χ0v) is 16.2. The lowest BCUT2D eigenvalue weighted by Crippen LogP contribution is -2.56. The number of hydrogen-bond donors (Lipinski definition) is 1. The van der Waals surface area contributed by atoms with Gasteiger partial charge in [-0.05, 0) is 49.9 Å². The van der Waals surface area contributed by atoms with Crippen LogP contribution >= 0.6 is 0 Å². The molecule has 0 spiro atoms. The first kappa shape index (κ1) is 19.4. The normalized spacial score (nSPS) is 17.9. The average Bonchev–Trinajstić information content (AvgIpc) is 3.11. The van der Waals surface area contributed by atoms with Gasteiger partial charge in [0, 0.05) is 24.2 Å². The Balaban J connectivity index is 1.79. The maximum Gasteiger partial charge on any atom is 0.331 e. The third-order valence-electron chi connectivity index (χ3n) is 5.57. The smallest absolute Gasteiger partial charge is 0.331 e. The Morgan fingerprint density at radius 3 is 2.56 bits per heavy atom. The summed E-state index contributed by atoms with van der Waals surface area (Å²) >= 11 is 0. The molecule has 1 aromatic rings. The number of fused-ring (bicyclic) bond motifs is 1. The standard InChI is InChI=1S/C21H28N2O4/c1-3-18(24)23-13-10-15-14-16(8-9-17(15)23)19(25)22-21(20(26)27-4-2)11-6-5-7-12-21/h8-9,14H,3-7,10-13H2,1-2H3,(H,22,25). The van der Waals surface area contributed by atoms with Crippen molar-refractivity contribution in [2.75, 3.05) is 18.1 Å². The molecular formula is C21H28N2O4. The molecule has 3 rings (SSSR count). The molecule has 1 heterocycles. The fourth-order valence-electron chi connectivity index (χ4n) is 4.09. The zero-order valence-electron chi connectivity index (χ0n) is 16.2. The summed E-state index contributed by atoms with van der Waals surface area (Å²) in [7, 11) is 0. The number of amides is 2. The number of benzene rings is 1. The molecule has 0 saturated heterocycles. The molecule has 0 bridgehead atoms. The van der Waals surface area contributed by atoms with E-state index in [0.717, 1.165) is 36.9 Å². The lowest BCUT2D eigenvalue weighted by molar-refractivity contribution is -0.152. The predicted molar refractivity (Wildman–Crippen MR) is 103 cm³/mol. The maximum atomic E-state index is 12.9. The predicted octanol–water partition coefficient (Wildman–Crippen LogP) is 2.98. The Bertz CT molecular complexity index is 738. The molecule has 146 valence electrons. The van der Waals surface area contributed by atoms with E-state index in [4.69, 9.17) is 4.74 Å². The molecule has 0 aromatic heterocycles. The van der Waals surface area contributed by atoms with Crippen LogP contribution in [0.15, 0.2) is 18.2 Å². The average molecular weight is 372 g/mol. The Morgan fingerprint density at radius 1 is 1.15 bits per heavy atom. The van der Waals surface area contributed by atoms with Crippen molar-refractivity contribution in [1.29, 1.82) is 0 Å². The molecule has 0 radical (unpaired) electrons. The summed E-state index contributed by atoms with van der Waals surface area (Å²) < 4.78 is 5.25. The lowest BCUT2D eigenvalue weighted by Gasteiger charge is -2.35. The SMILES string of the molecule is CCOC(=O)C1(NC(=O)c2ccc3c(c2)CCN3C(=O)CC)CCCCC1. The number of ether oxygens (including phenoxy) is 1. The Kier molecular flexibility index (Phi) is 5.82. The molecule has 1 fully saturated rings. The first-order chi connectivity index (χ1) is 13.0. The number of carbonyl (C=O) groups is 3.